The lowest BCUT2D eigenvalue weighted by Crippen LogP contribution is -2.37. The summed E-state index contributed by atoms with van der Waals surface area (Å²) in [7, 11) is 0. The number of halogens is 4. The monoisotopic (exact) mass is 339 g/mol. The molecule has 0 bridgehead atoms. The zero-order valence-corrected chi connectivity index (χ0v) is 12.3. The minimum Gasteiger partial charge on any atom is -0.491 e. The quantitative estimate of drug-likeness (QED) is 0.788. The summed E-state index contributed by atoms with van der Waals surface area (Å²) in [4.78, 5) is 12.6. The Hall–Kier alpha value is -2.21. The van der Waals surface area contributed by atoms with Gasteiger partial charge in [-0.05, 0) is 35.9 Å². The normalized spacial score (nSPS) is 21.8. The van der Waals surface area contributed by atoms with Crippen molar-refractivity contribution in [1.29, 1.82) is 0 Å². The summed E-state index contributed by atoms with van der Waals surface area (Å²) in [6.45, 7) is 0.0346. The largest absolute Gasteiger partial charge is 0.491 e. The summed E-state index contributed by atoms with van der Waals surface area (Å²) in [6.07, 6.45) is -4.47. The summed E-state index contributed by atoms with van der Waals surface area (Å²) in [6, 6.07) is 8.17. The van der Waals surface area contributed by atoms with Crippen LogP contribution in [0.25, 0.3) is 0 Å². The Labute approximate surface area is 134 Å². The molecule has 2 aromatic rings. The fourth-order valence-corrected chi connectivity index (χ4v) is 3.36. The van der Waals surface area contributed by atoms with E-state index in [2.05, 4.69) is 5.32 Å². The van der Waals surface area contributed by atoms with Crippen LogP contribution in [0.2, 0.25) is 5.02 Å². The van der Waals surface area contributed by atoms with Gasteiger partial charge >= 0.3 is 6.18 Å². The lowest BCUT2D eigenvalue weighted by molar-refractivity contribution is -0.137. The average molecular weight is 340 g/mol. The highest BCUT2D eigenvalue weighted by molar-refractivity contribution is 6.30. The molecule has 7 heteroatoms. The van der Waals surface area contributed by atoms with E-state index in [9.17, 15) is 18.0 Å². The zero-order chi connectivity index (χ0) is 16.4. The Morgan fingerprint density at radius 1 is 1.13 bits per heavy atom. The van der Waals surface area contributed by atoms with Crippen LogP contribution in [-0.4, -0.2) is 12.5 Å². The molecule has 0 fully saturated rings. The van der Waals surface area contributed by atoms with E-state index in [1.54, 1.807) is 18.2 Å². The number of ether oxygens (including phenoxy) is 1. The van der Waals surface area contributed by atoms with E-state index < -0.39 is 23.1 Å². The van der Waals surface area contributed by atoms with Crippen molar-refractivity contribution in [3.05, 3.63) is 58.1 Å². The minimum atomic E-state index is -4.47. The van der Waals surface area contributed by atoms with Crippen LogP contribution in [0.15, 0.2) is 36.4 Å². The molecule has 1 atom stereocenters. The number of alkyl halides is 3. The Morgan fingerprint density at radius 2 is 1.91 bits per heavy atom. The molecule has 2 aromatic carbocycles. The van der Waals surface area contributed by atoms with Gasteiger partial charge in [0.15, 0.2) is 0 Å². The van der Waals surface area contributed by atoms with Crippen molar-refractivity contribution in [3.8, 4) is 5.75 Å². The van der Waals surface area contributed by atoms with Gasteiger partial charge in [0, 0.05) is 16.3 Å². The molecule has 0 aliphatic carbocycles. The minimum absolute atomic E-state index is 0.0346. The summed E-state index contributed by atoms with van der Waals surface area (Å²) in [5.74, 6) is 0.102. The van der Waals surface area contributed by atoms with E-state index in [1.165, 1.54) is 6.07 Å². The number of rotatable bonds is 0. The van der Waals surface area contributed by atoms with Gasteiger partial charge in [0.25, 0.3) is 0 Å². The van der Waals surface area contributed by atoms with Crippen LogP contribution in [0.1, 0.15) is 16.7 Å². The summed E-state index contributed by atoms with van der Waals surface area (Å²) in [5, 5.41) is 2.97. The van der Waals surface area contributed by atoms with Crippen LogP contribution in [0.4, 0.5) is 18.9 Å². The lowest BCUT2D eigenvalue weighted by atomic mass is 9.77. The van der Waals surface area contributed by atoms with Gasteiger partial charge in [-0.2, -0.15) is 13.2 Å². The van der Waals surface area contributed by atoms with Gasteiger partial charge in [-0.1, -0.05) is 17.7 Å². The molecule has 1 N–H and O–H groups in total. The van der Waals surface area contributed by atoms with E-state index in [4.69, 9.17) is 16.3 Å². The van der Waals surface area contributed by atoms with E-state index >= 15 is 0 Å². The first-order valence-electron chi connectivity index (χ1n) is 6.78. The van der Waals surface area contributed by atoms with Crippen molar-refractivity contribution in [3.63, 3.8) is 0 Å². The van der Waals surface area contributed by atoms with Crippen molar-refractivity contribution in [2.75, 3.05) is 11.9 Å². The molecular formula is C16H9ClF3NO2. The van der Waals surface area contributed by atoms with Crippen molar-refractivity contribution >= 4 is 23.2 Å². The highest BCUT2D eigenvalue weighted by atomic mass is 35.5. The smallest absolute Gasteiger partial charge is 0.416 e. The van der Waals surface area contributed by atoms with Gasteiger partial charge in [0.05, 0.1) is 5.56 Å². The van der Waals surface area contributed by atoms with Gasteiger partial charge in [-0.15, -0.1) is 0 Å². The number of amides is 1. The fraction of sp³-hybridized carbons (Fsp3) is 0.188. The topological polar surface area (TPSA) is 38.3 Å². The molecule has 118 valence electrons. The SMILES string of the molecule is O=C1Nc2cc(C(F)(F)F)ccc2[C@]12COc1ccc(Cl)cc12. The predicted octanol–water partition coefficient (Wildman–Crippen LogP) is 3.99. The third kappa shape index (κ3) is 1.88. The maximum Gasteiger partial charge on any atom is 0.416 e. The number of carbonyl (C=O) groups excluding carboxylic acids is 1. The molecular weight excluding hydrogens is 331 g/mol. The molecule has 4 rings (SSSR count). The highest BCUT2D eigenvalue weighted by Crippen LogP contribution is 2.51. The second kappa shape index (κ2) is 4.41. The Morgan fingerprint density at radius 3 is 2.65 bits per heavy atom. The Kier molecular flexibility index (Phi) is 2.76. The predicted molar refractivity (Wildman–Crippen MR) is 77.8 cm³/mol. The highest BCUT2D eigenvalue weighted by Gasteiger charge is 2.54. The van der Waals surface area contributed by atoms with E-state index in [1.807, 2.05) is 0 Å². The van der Waals surface area contributed by atoms with Crippen LogP contribution in [-0.2, 0) is 16.4 Å². The Bertz CT molecular complexity index is 850. The summed E-state index contributed by atoms with van der Waals surface area (Å²) >= 11 is 6.01. The van der Waals surface area contributed by atoms with E-state index in [0.29, 0.717) is 21.9 Å². The van der Waals surface area contributed by atoms with Gasteiger partial charge < -0.3 is 10.1 Å². The maximum atomic E-state index is 12.9. The first kappa shape index (κ1) is 14.4. The van der Waals surface area contributed by atoms with Crippen LogP contribution in [0.3, 0.4) is 0 Å². The first-order chi connectivity index (χ1) is 10.8. The fourth-order valence-electron chi connectivity index (χ4n) is 3.18. The molecule has 0 saturated carbocycles. The van der Waals surface area contributed by atoms with Gasteiger partial charge in [-0.3, -0.25) is 4.79 Å². The van der Waals surface area contributed by atoms with Gasteiger partial charge in [0.1, 0.15) is 17.8 Å². The number of hydrogen-bond donors (Lipinski definition) is 1. The third-order valence-electron chi connectivity index (χ3n) is 4.29. The Balaban J connectivity index is 1.92. The number of hydrogen-bond acceptors (Lipinski definition) is 2. The van der Waals surface area contributed by atoms with E-state index in [-0.39, 0.29) is 12.3 Å². The van der Waals surface area contributed by atoms with Crippen molar-refractivity contribution in [1.82, 2.24) is 0 Å². The van der Waals surface area contributed by atoms with Crippen LogP contribution < -0.4 is 10.1 Å². The zero-order valence-electron chi connectivity index (χ0n) is 11.5. The van der Waals surface area contributed by atoms with Crippen LogP contribution in [0.5, 0.6) is 5.75 Å². The van der Waals surface area contributed by atoms with Crippen LogP contribution >= 0.6 is 11.6 Å². The number of anilines is 1. The molecule has 1 spiro atoms. The number of carbonyl (C=O) groups is 1. The molecule has 2 aliphatic heterocycles. The van der Waals surface area contributed by atoms with Crippen LogP contribution in [0, 0.1) is 0 Å². The molecule has 2 heterocycles. The van der Waals surface area contributed by atoms with Gasteiger partial charge in [0.2, 0.25) is 5.91 Å². The van der Waals surface area contributed by atoms with E-state index in [0.717, 1.165) is 12.1 Å². The molecule has 3 nitrogen and oxygen atoms in total. The molecule has 0 radical (unpaired) electrons. The lowest BCUT2D eigenvalue weighted by Gasteiger charge is -2.20. The molecule has 1 amide bonds. The average Bonchev–Trinajstić information content (AvgIpc) is 2.98. The molecule has 0 saturated heterocycles. The summed E-state index contributed by atoms with van der Waals surface area (Å²) in [5.41, 5.74) is -0.766. The first-order valence-corrected chi connectivity index (χ1v) is 7.16. The third-order valence-corrected chi connectivity index (χ3v) is 4.52. The number of fused-ring (bicyclic) bond motifs is 4. The molecule has 23 heavy (non-hydrogen) atoms. The van der Waals surface area contributed by atoms with Crippen molar-refractivity contribution in [2.45, 2.75) is 11.6 Å². The molecule has 2 aliphatic rings. The second-order valence-electron chi connectivity index (χ2n) is 5.55. The van der Waals surface area contributed by atoms with Gasteiger partial charge in [-0.25, -0.2) is 0 Å². The second-order valence-corrected chi connectivity index (χ2v) is 5.98. The number of benzene rings is 2. The molecule has 0 aromatic heterocycles. The summed E-state index contributed by atoms with van der Waals surface area (Å²) < 4.78 is 44.2. The van der Waals surface area contributed by atoms with Crippen molar-refractivity contribution in [2.24, 2.45) is 0 Å². The van der Waals surface area contributed by atoms with Crippen molar-refractivity contribution < 1.29 is 22.7 Å². The number of nitrogens with one attached hydrogen (secondary N) is 1. The maximum absolute atomic E-state index is 12.9. The molecule has 0 unspecified atom stereocenters. The standard InChI is InChI=1S/C16H9ClF3NO2/c17-9-2-4-13-11(6-9)15(7-23-13)10-3-1-8(16(18,19)20)5-12(10)21-14(15)22/h1-6H,7H2,(H,21,22)/t15-/m0/s1.